The minimum Gasteiger partial charge on any atom is -0.364 e. The first-order valence-electron chi connectivity index (χ1n) is 6.52. The highest BCUT2D eigenvalue weighted by Gasteiger charge is 2.28. The Morgan fingerprint density at radius 3 is 2.57 bits per heavy atom. The summed E-state index contributed by atoms with van der Waals surface area (Å²) < 4.78 is 4.91. The van der Waals surface area contributed by atoms with E-state index in [1.165, 1.54) is 6.26 Å². The lowest BCUT2D eigenvalue weighted by Crippen LogP contribution is -2.34. The molecule has 21 heavy (non-hydrogen) atoms. The summed E-state index contributed by atoms with van der Waals surface area (Å²) in [6, 6.07) is 7.35. The van der Waals surface area contributed by atoms with Crippen molar-refractivity contribution in [3.05, 3.63) is 52.4 Å². The van der Waals surface area contributed by atoms with Crippen molar-refractivity contribution in [2.45, 2.75) is 25.9 Å². The molecule has 1 aromatic carbocycles. The van der Waals surface area contributed by atoms with Crippen molar-refractivity contribution >= 4 is 17.5 Å². The molecule has 5 nitrogen and oxygen atoms in total. The second-order valence-corrected chi connectivity index (χ2v) is 6.02. The van der Waals surface area contributed by atoms with Crippen molar-refractivity contribution in [1.29, 1.82) is 0 Å². The van der Waals surface area contributed by atoms with Gasteiger partial charge >= 0.3 is 0 Å². The number of rotatable bonds is 4. The second kappa shape index (κ2) is 5.87. The molecule has 0 aliphatic carbocycles. The van der Waals surface area contributed by atoms with Crippen LogP contribution in [-0.4, -0.2) is 23.0 Å². The molecule has 2 N–H and O–H groups in total. The van der Waals surface area contributed by atoms with Crippen molar-refractivity contribution in [2.75, 3.05) is 7.05 Å². The summed E-state index contributed by atoms with van der Waals surface area (Å²) in [6.07, 6.45) is 1.34. The molecule has 0 aliphatic rings. The summed E-state index contributed by atoms with van der Waals surface area (Å²) in [5, 5.41) is 4.51. The van der Waals surface area contributed by atoms with Gasteiger partial charge in [0.15, 0.2) is 0 Å². The van der Waals surface area contributed by atoms with E-state index < -0.39 is 5.54 Å². The first-order valence-corrected chi connectivity index (χ1v) is 6.90. The molecular formula is C15H18ClN3O2. The summed E-state index contributed by atoms with van der Waals surface area (Å²) in [5.41, 5.74) is 7.09. The number of benzene rings is 1. The summed E-state index contributed by atoms with van der Waals surface area (Å²) in [5.74, 6) is -0.181. The molecule has 0 unspecified atom stereocenters. The fourth-order valence-corrected chi connectivity index (χ4v) is 2.12. The molecule has 112 valence electrons. The third-order valence-corrected chi connectivity index (χ3v) is 3.34. The van der Waals surface area contributed by atoms with Crippen LogP contribution in [0.3, 0.4) is 0 Å². The van der Waals surface area contributed by atoms with Gasteiger partial charge in [-0.05, 0) is 31.5 Å². The van der Waals surface area contributed by atoms with Gasteiger partial charge in [0, 0.05) is 18.6 Å². The molecule has 0 radical (unpaired) electrons. The van der Waals surface area contributed by atoms with Crippen molar-refractivity contribution in [1.82, 2.24) is 10.1 Å². The van der Waals surface area contributed by atoms with Gasteiger partial charge in [0.1, 0.15) is 17.5 Å². The number of hydrogen-bond acceptors (Lipinski definition) is 4. The van der Waals surface area contributed by atoms with Gasteiger partial charge in [-0.2, -0.15) is 0 Å². The Kier molecular flexibility index (Phi) is 4.34. The standard InChI is InChI=1S/C15H18ClN3O2/c1-15(2,17)13-12(9-21-18-13)14(20)19(3)8-10-4-6-11(16)7-5-10/h4-7,9H,8,17H2,1-3H3. The normalized spacial score (nSPS) is 11.5. The van der Waals surface area contributed by atoms with Crippen LogP contribution >= 0.6 is 11.6 Å². The molecule has 2 rings (SSSR count). The molecule has 0 bridgehead atoms. The molecule has 0 fully saturated rings. The van der Waals surface area contributed by atoms with E-state index in [1.54, 1.807) is 37.9 Å². The first-order chi connectivity index (χ1) is 9.79. The van der Waals surface area contributed by atoms with Gasteiger partial charge in [-0.15, -0.1) is 0 Å². The quantitative estimate of drug-likeness (QED) is 0.942. The fraction of sp³-hybridized carbons (Fsp3) is 0.333. The Morgan fingerprint density at radius 1 is 1.38 bits per heavy atom. The van der Waals surface area contributed by atoms with E-state index in [0.29, 0.717) is 22.8 Å². The van der Waals surface area contributed by atoms with Crippen molar-refractivity contribution in [3.8, 4) is 0 Å². The van der Waals surface area contributed by atoms with Crippen LogP contribution in [0.1, 0.15) is 35.5 Å². The zero-order valence-electron chi connectivity index (χ0n) is 12.3. The fourth-order valence-electron chi connectivity index (χ4n) is 1.99. The SMILES string of the molecule is CN(Cc1ccc(Cl)cc1)C(=O)c1conc1C(C)(C)N. The third-order valence-electron chi connectivity index (χ3n) is 3.09. The van der Waals surface area contributed by atoms with Gasteiger partial charge in [-0.3, -0.25) is 4.79 Å². The average molecular weight is 308 g/mol. The number of carbonyl (C=O) groups is 1. The van der Waals surface area contributed by atoms with Crippen LogP contribution in [0, 0.1) is 0 Å². The summed E-state index contributed by atoms with van der Waals surface area (Å²) >= 11 is 5.85. The lowest BCUT2D eigenvalue weighted by molar-refractivity contribution is 0.0782. The zero-order valence-corrected chi connectivity index (χ0v) is 13.0. The van der Waals surface area contributed by atoms with E-state index >= 15 is 0 Å². The van der Waals surface area contributed by atoms with Gasteiger partial charge in [-0.1, -0.05) is 28.9 Å². The van der Waals surface area contributed by atoms with Gasteiger partial charge < -0.3 is 15.2 Å². The number of amides is 1. The summed E-state index contributed by atoms with van der Waals surface area (Å²) in [6.45, 7) is 4.02. The highest BCUT2D eigenvalue weighted by Crippen LogP contribution is 2.21. The smallest absolute Gasteiger partial charge is 0.259 e. The van der Waals surface area contributed by atoms with Crippen LogP contribution < -0.4 is 5.73 Å². The Labute approximate surface area is 128 Å². The summed E-state index contributed by atoms with van der Waals surface area (Å²) in [4.78, 5) is 14.1. The molecule has 0 spiro atoms. The highest BCUT2D eigenvalue weighted by atomic mass is 35.5. The Balaban J connectivity index is 2.16. The van der Waals surface area contributed by atoms with E-state index in [4.69, 9.17) is 21.9 Å². The van der Waals surface area contributed by atoms with Crippen molar-refractivity contribution < 1.29 is 9.32 Å². The van der Waals surface area contributed by atoms with Crippen LogP contribution in [-0.2, 0) is 12.1 Å². The van der Waals surface area contributed by atoms with Crippen LogP contribution in [0.4, 0.5) is 0 Å². The molecule has 0 atom stereocenters. The molecular weight excluding hydrogens is 290 g/mol. The lowest BCUT2D eigenvalue weighted by atomic mass is 9.98. The number of nitrogens with zero attached hydrogens (tertiary/aromatic N) is 2. The van der Waals surface area contributed by atoms with Crippen LogP contribution in [0.25, 0.3) is 0 Å². The van der Waals surface area contributed by atoms with E-state index in [-0.39, 0.29) is 5.91 Å². The zero-order chi connectivity index (χ0) is 15.6. The Morgan fingerprint density at radius 2 is 2.00 bits per heavy atom. The minimum atomic E-state index is -0.737. The molecule has 2 aromatic rings. The monoisotopic (exact) mass is 307 g/mol. The van der Waals surface area contributed by atoms with Crippen LogP contribution in [0.5, 0.6) is 0 Å². The number of halogens is 1. The van der Waals surface area contributed by atoms with Gasteiger partial charge in [0.25, 0.3) is 5.91 Å². The highest BCUT2D eigenvalue weighted by molar-refractivity contribution is 6.30. The number of nitrogens with two attached hydrogens (primary N) is 1. The lowest BCUT2D eigenvalue weighted by Gasteiger charge is -2.20. The number of hydrogen-bond donors (Lipinski definition) is 1. The molecule has 0 aliphatic heterocycles. The summed E-state index contributed by atoms with van der Waals surface area (Å²) in [7, 11) is 1.72. The van der Waals surface area contributed by atoms with E-state index in [2.05, 4.69) is 5.16 Å². The predicted molar refractivity (Wildman–Crippen MR) is 81.0 cm³/mol. The maximum Gasteiger partial charge on any atom is 0.259 e. The van der Waals surface area contributed by atoms with Gasteiger partial charge in [0.2, 0.25) is 0 Å². The first kappa shape index (κ1) is 15.5. The van der Waals surface area contributed by atoms with Crippen LogP contribution in [0.2, 0.25) is 5.02 Å². The molecule has 1 amide bonds. The van der Waals surface area contributed by atoms with Crippen molar-refractivity contribution in [3.63, 3.8) is 0 Å². The van der Waals surface area contributed by atoms with Gasteiger partial charge in [-0.25, -0.2) is 0 Å². The second-order valence-electron chi connectivity index (χ2n) is 5.59. The topological polar surface area (TPSA) is 72.4 Å². The molecule has 1 heterocycles. The van der Waals surface area contributed by atoms with Gasteiger partial charge in [0.05, 0.1) is 5.54 Å². The molecule has 0 saturated heterocycles. The average Bonchev–Trinajstić information content (AvgIpc) is 2.89. The maximum absolute atomic E-state index is 12.5. The molecule has 0 saturated carbocycles. The van der Waals surface area contributed by atoms with Crippen molar-refractivity contribution in [2.24, 2.45) is 5.73 Å². The van der Waals surface area contributed by atoms with Crippen LogP contribution in [0.15, 0.2) is 35.1 Å². The van der Waals surface area contributed by atoms with E-state index in [9.17, 15) is 4.79 Å². The predicted octanol–water partition coefficient (Wildman–Crippen LogP) is 2.79. The largest absolute Gasteiger partial charge is 0.364 e. The maximum atomic E-state index is 12.5. The third kappa shape index (κ3) is 3.62. The minimum absolute atomic E-state index is 0.181. The Bertz CT molecular complexity index is 629. The van der Waals surface area contributed by atoms with E-state index in [0.717, 1.165) is 5.56 Å². The number of aromatic nitrogens is 1. The molecule has 6 heteroatoms. The van der Waals surface area contributed by atoms with E-state index in [1.807, 2.05) is 12.1 Å². The number of carbonyl (C=O) groups excluding carboxylic acids is 1. The Hall–Kier alpha value is -1.85. The molecule has 1 aromatic heterocycles.